The van der Waals surface area contributed by atoms with Gasteiger partial charge in [0.1, 0.15) is 0 Å². The molecule has 0 spiro atoms. The standard InChI is InChI=1S/C11H17N5/c1-3-9(12)7-13-11-14-10-6-4-5-8(2)16(10)15-11/h4-6,9H,3,7,12H2,1-2H3,(H,13,15). The molecule has 5 nitrogen and oxygen atoms in total. The molecule has 3 N–H and O–H groups in total. The van der Waals surface area contributed by atoms with E-state index in [-0.39, 0.29) is 6.04 Å². The fraction of sp³-hybridized carbons (Fsp3) is 0.455. The van der Waals surface area contributed by atoms with Crippen LogP contribution in [-0.4, -0.2) is 27.2 Å². The Balaban J connectivity index is 2.17. The lowest BCUT2D eigenvalue weighted by molar-refractivity contribution is 0.676. The number of aryl methyl sites for hydroxylation is 1. The Hall–Kier alpha value is -1.62. The number of anilines is 1. The van der Waals surface area contributed by atoms with Crippen LogP contribution in [0.2, 0.25) is 0 Å². The zero-order valence-corrected chi connectivity index (χ0v) is 9.64. The second kappa shape index (κ2) is 4.49. The number of nitrogens with zero attached hydrogens (tertiary/aromatic N) is 3. The summed E-state index contributed by atoms with van der Waals surface area (Å²) in [6.07, 6.45) is 0.944. The maximum absolute atomic E-state index is 5.82. The van der Waals surface area contributed by atoms with Gasteiger partial charge in [-0.05, 0) is 25.5 Å². The number of hydrogen-bond acceptors (Lipinski definition) is 4. The average molecular weight is 219 g/mol. The molecule has 0 saturated carbocycles. The molecule has 2 rings (SSSR count). The van der Waals surface area contributed by atoms with Crippen molar-refractivity contribution in [3.8, 4) is 0 Å². The van der Waals surface area contributed by atoms with Crippen LogP contribution in [0.5, 0.6) is 0 Å². The van der Waals surface area contributed by atoms with Gasteiger partial charge in [0.2, 0.25) is 5.95 Å². The number of nitrogens with two attached hydrogens (primary N) is 1. The predicted molar refractivity (Wildman–Crippen MR) is 64.5 cm³/mol. The van der Waals surface area contributed by atoms with Gasteiger partial charge >= 0.3 is 0 Å². The summed E-state index contributed by atoms with van der Waals surface area (Å²) < 4.78 is 1.82. The van der Waals surface area contributed by atoms with E-state index in [2.05, 4.69) is 22.3 Å². The molecule has 0 radical (unpaired) electrons. The van der Waals surface area contributed by atoms with Crippen LogP contribution in [0.25, 0.3) is 5.65 Å². The van der Waals surface area contributed by atoms with Crippen molar-refractivity contribution >= 4 is 11.6 Å². The Morgan fingerprint density at radius 3 is 3.00 bits per heavy atom. The minimum atomic E-state index is 0.146. The average Bonchev–Trinajstić information content (AvgIpc) is 2.70. The second-order valence-corrected chi connectivity index (χ2v) is 3.92. The number of fused-ring (bicyclic) bond motifs is 1. The maximum atomic E-state index is 5.82. The molecular formula is C11H17N5. The van der Waals surface area contributed by atoms with Gasteiger partial charge in [0, 0.05) is 18.3 Å². The van der Waals surface area contributed by atoms with Gasteiger partial charge in [0.15, 0.2) is 5.65 Å². The fourth-order valence-electron chi connectivity index (χ4n) is 1.48. The highest BCUT2D eigenvalue weighted by Gasteiger charge is 2.05. The lowest BCUT2D eigenvalue weighted by Crippen LogP contribution is -2.28. The second-order valence-electron chi connectivity index (χ2n) is 3.92. The first-order chi connectivity index (χ1) is 7.70. The van der Waals surface area contributed by atoms with E-state index >= 15 is 0 Å². The number of rotatable bonds is 4. The summed E-state index contributed by atoms with van der Waals surface area (Å²) in [6.45, 7) is 4.77. The third-order valence-corrected chi connectivity index (χ3v) is 2.60. The van der Waals surface area contributed by atoms with Crippen LogP contribution in [0.3, 0.4) is 0 Å². The summed E-state index contributed by atoms with van der Waals surface area (Å²) >= 11 is 0. The normalized spacial score (nSPS) is 12.9. The molecule has 0 aliphatic rings. The van der Waals surface area contributed by atoms with Crippen LogP contribution in [0, 0.1) is 6.92 Å². The molecule has 0 aliphatic carbocycles. The summed E-state index contributed by atoms with van der Waals surface area (Å²) in [5.41, 5.74) is 7.74. The van der Waals surface area contributed by atoms with Crippen molar-refractivity contribution in [2.24, 2.45) is 5.73 Å². The van der Waals surface area contributed by atoms with Gasteiger partial charge in [-0.25, -0.2) is 4.52 Å². The Morgan fingerprint density at radius 2 is 2.31 bits per heavy atom. The largest absolute Gasteiger partial charge is 0.351 e. The zero-order chi connectivity index (χ0) is 11.5. The van der Waals surface area contributed by atoms with Crippen molar-refractivity contribution in [1.82, 2.24) is 14.6 Å². The highest BCUT2D eigenvalue weighted by molar-refractivity contribution is 5.44. The third-order valence-electron chi connectivity index (χ3n) is 2.60. The molecule has 0 fully saturated rings. The van der Waals surface area contributed by atoms with E-state index in [1.165, 1.54) is 0 Å². The lowest BCUT2D eigenvalue weighted by atomic mass is 10.2. The van der Waals surface area contributed by atoms with Crippen molar-refractivity contribution in [3.05, 3.63) is 23.9 Å². The number of pyridine rings is 1. The first-order valence-electron chi connectivity index (χ1n) is 5.52. The molecule has 1 unspecified atom stereocenters. The molecule has 2 aromatic heterocycles. The summed E-state index contributed by atoms with van der Waals surface area (Å²) in [5, 5.41) is 7.50. The lowest BCUT2D eigenvalue weighted by Gasteiger charge is -2.07. The first-order valence-corrected chi connectivity index (χ1v) is 5.52. The van der Waals surface area contributed by atoms with Gasteiger partial charge in [-0.1, -0.05) is 13.0 Å². The SMILES string of the molecule is CCC(N)CNc1nc2cccc(C)n2n1. The minimum absolute atomic E-state index is 0.146. The van der Waals surface area contributed by atoms with Gasteiger partial charge in [0.05, 0.1) is 0 Å². The topological polar surface area (TPSA) is 68.2 Å². The van der Waals surface area contributed by atoms with Crippen molar-refractivity contribution in [2.75, 3.05) is 11.9 Å². The van der Waals surface area contributed by atoms with E-state index in [0.717, 1.165) is 17.8 Å². The van der Waals surface area contributed by atoms with Gasteiger partial charge in [-0.15, -0.1) is 5.10 Å². The van der Waals surface area contributed by atoms with E-state index in [4.69, 9.17) is 5.73 Å². The summed E-state index contributed by atoms with van der Waals surface area (Å²) in [7, 11) is 0. The quantitative estimate of drug-likeness (QED) is 0.810. The number of nitrogens with one attached hydrogen (secondary N) is 1. The molecule has 16 heavy (non-hydrogen) atoms. The van der Waals surface area contributed by atoms with Crippen LogP contribution in [-0.2, 0) is 0 Å². The molecular weight excluding hydrogens is 202 g/mol. The monoisotopic (exact) mass is 219 g/mol. The predicted octanol–water partition coefficient (Wildman–Crippen LogP) is 1.19. The number of hydrogen-bond donors (Lipinski definition) is 2. The van der Waals surface area contributed by atoms with Crippen molar-refractivity contribution in [1.29, 1.82) is 0 Å². The molecule has 0 aliphatic heterocycles. The van der Waals surface area contributed by atoms with Crippen LogP contribution in [0.4, 0.5) is 5.95 Å². The smallest absolute Gasteiger partial charge is 0.243 e. The van der Waals surface area contributed by atoms with E-state index in [0.29, 0.717) is 12.5 Å². The Morgan fingerprint density at radius 1 is 1.50 bits per heavy atom. The van der Waals surface area contributed by atoms with E-state index in [1.807, 2.05) is 29.6 Å². The number of aromatic nitrogens is 3. The highest BCUT2D eigenvalue weighted by Crippen LogP contribution is 2.07. The summed E-state index contributed by atoms with van der Waals surface area (Å²) in [6, 6.07) is 6.06. The molecule has 0 aromatic carbocycles. The fourth-order valence-corrected chi connectivity index (χ4v) is 1.48. The van der Waals surface area contributed by atoms with Gasteiger partial charge in [-0.2, -0.15) is 4.98 Å². The summed E-state index contributed by atoms with van der Waals surface area (Å²) in [4.78, 5) is 4.36. The van der Waals surface area contributed by atoms with Crippen LogP contribution in [0.1, 0.15) is 19.0 Å². The van der Waals surface area contributed by atoms with Gasteiger partial charge in [0.25, 0.3) is 0 Å². The van der Waals surface area contributed by atoms with E-state index in [1.54, 1.807) is 0 Å². The van der Waals surface area contributed by atoms with Crippen LogP contribution < -0.4 is 11.1 Å². The van der Waals surface area contributed by atoms with E-state index < -0.39 is 0 Å². The molecule has 86 valence electrons. The third kappa shape index (κ3) is 2.14. The van der Waals surface area contributed by atoms with Crippen LogP contribution in [0.15, 0.2) is 18.2 Å². The molecule has 5 heteroatoms. The highest BCUT2D eigenvalue weighted by atomic mass is 15.3. The molecule has 2 heterocycles. The molecule has 0 amide bonds. The van der Waals surface area contributed by atoms with Crippen molar-refractivity contribution in [2.45, 2.75) is 26.3 Å². The van der Waals surface area contributed by atoms with Gasteiger partial charge < -0.3 is 11.1 Å². The van der Waals surface area contributed by atoms with Crippen molar-refractivity contribution in [3.63, 3.8) is 0 Å². The maximum Gasteiger partial charge on any atom is 0.243 e. The van der Waals surface area contributed by atoms with Gasteiger partial charge in [-0.3, -0.25) is 0 Å². The summed E-state index contributed by atoms with van der Waals surface area (Å²) in [5.74, 6) is 0.637. The molecule has 2 aromatic rings. The zero-order valence-electron chi connectivity index (χ0n) is 9.64. The van der Waals surface area contributed by atoms with E-state index in [9.17, 15) is 0 Å². The molecule has 0 bridgehead atoms. The Kier molecular flexibility index (Phi) is 3.05. The Labute approximate surface area is 94.7 Å². The molecule has 1 atom stereocenters. The molecule has 0 saturated heterocycles. The first kappa shape index (κ1) is 10.9. The van der Waals surface area contributed by atoms with Crippen LogP contribution >= 0.6 is 0 Å². The van der Waals surface area contributed by atoms with Crippen molar-refractivity contribution < 1.29 is 0 Å². The Bertz CT molecular complexity index is 476. The minimum Gasteiger partial charge on any atom is -0.351 e.